The number of carbonyl (C=O) groups excluding carboxylic acids is 1. The number of halogens is 2. The second kappa shape index (κ2) is 11.7. The molecule has 0 radical (unpaired) electrons. The molecule has 0 saturated heterocycles. The highest BCUT2D eigenvalue weighted by molar-refractivity contribution is 8.02. The number of nitrogens with zero attached hydrogens (tertiary/aromatic N) is 1. The van der Waals surface area contributed by atoms with Crippen LogP contribution in [0.2, 0.25) is 0 Å². The van der Waals surface area contributed by atoms with Crippen LogP contribution in [0.4, 0.5) is 14.5 Å². The van der Waals surface area contributed by atoms with Crippen LogP contribution in [0.5, 0.6) is 5.75 Å². The number of thioether (sulfide) groups is 1. The van der Waals surface area contributed by atoms with Crippen LogP contribution in [0.25, 0.3) is 0 Å². The Kier molecular flexibility index (Phi) is 8.44. The zero-order valence-electron chi connectivity index (χ0n) is 17.8. The predicted octanol–water partition coefficient (Wildman–Crippen LogP) is 5.37. The molecule has 1 amide bonds. The lowest BCUT2D eigenvalue weighted by atomic mass is 10.2. The molecule has 0 aliphatic carbocycles. The first kappa shape index (κ1) is 23.8. The minimum absolute atomic E-state index is 0.00698. The number of amides is 1. The SMILES string of the molecule is COc1cccc(N/C(SCc2cc(F)ccc2F)=C(/C#N)C(=O)NCc2ccccc2)c1. The van der Waals surface area contributed by atoms with Gasteiger partial charge in [-0.25, -0.2) is 8.78 Å². The Balaban J connectivity index is 1.88. The van der Waals surface area contributed by atoms with E-state index in [1.165, 1.54) is 7.11 Å². The molecule has 0 aliphatic heterocycles. The van der Waals surface area contributed by atoms with Gasteiger partial charge in [-0.15, -0.1) is 11.8 Å². The van der Waals surface area contributed by atoms with Crippen molar-refractivity contribution in [1.82, 2.24) is 5.32 Å². The van der Waals surface area contributed by atoms with Crippen molar-refractivity contribution in [3.8, 4) is 11.8 Å². The summed E-state index contributed by atoms with van der Waals surface area (Å²) in [5.41, 5.74) is 1.39. The summed E-state index contributed by atoms with van der Waals surface area (Å²) in [6.45, 7) is 0.237. The quantitative estimate of drug-likeness (QED) is 0.328. The van der Waals surface area contributed by atoms with Gasteiger partial charge in [0.05, 0.1) is 12.1 Å². The highest BCUT2D eigenvalue weighted by Gasteiger charge is 2.18. The fourth-order valence-electron chi connectivity index (χ4n) is 2.88. The van der Waals surface area contributed by atoms with Crippen LogP contribution in [0.3, 0.4) is 0 Å². The second-order valence-corrected chi connectivity index (χ2v) is 7.85. The number of nitriles is 1. The third-order valence-corrected chi connectivity index (χ3v) is 5.62. The van der Waals surface area contributed by atoms with E-state index in [4.69, 9.17) is 4.74 Å². The molecule has 2 N–H and O–H groups in total. The van der Waals surface area contributed by atoms with E-state index in [1.807, 2.05) is 36.4 Å². The largest absolute Gasteiger partial charge is 0.497 e. The molecule has 0 spiro atoms. The van der Waals surface area contributed by atoms with E-state index in [-0.39, 0.29) is 28.5 Å². The van der Waals surface area contributed by atoms with Crippen LogP contribution >= 0.6 is 11.8 Å². The molecule has 0 heterocycles. The Morgan fingerprint density at radius 3 is 2.58 bits per heavy atom. The molecule has 168 valence electrons. The summed E-state index contributed by atoms with van der Waals surface area (Å²) >= 11 is 1.03. The first-order valence-corrected chi connectivity index (χ1v) is 10.9. The minimum atomic E-state index is -0.584. The van der Waals surface area contributed by atoms with Crippen molar-refractivity contribution < 1.29 is 18.3 Å². The van der Waals surface area contributed by atoms with Crippen LogP contribution in [0.15, 0.2) is 83.4 Å². The fourth-order valence-corrected chi connectivity index (χ4v) is 3.87. The fraction of sp³-hybridized carbons (Fsp3) is 0.120. The topological polar surface area (TPSA) is 74.1 Å². The molecule has 3 rings (SSSR count). The van der Waals surface area contributed by atoms with Crippen LogP contribution in [-0.2, 0) is 17.1 Å². The number of nitrogens with one attached hydrogen (secondary N) is 2. The van der Waals surface area contributed by atoms with Crippen molar-refractivity contribution in [3.63, 3.8) is 0 Å². The Bertz CT molecular complexity index is 1190. The van der Waals surface area contributed by atoms with Crippen molar-refractivity contribution >= 4 is 23.4 Å². The van der Waals surface area contributed by atoms with Crippen LogP contribution in [0, 0.1) is 23.0 Å². The lowest BCUT2D eigenvalue weighted by Crippen LogP contribution is -2.25. The molecule has 3 aromatic rings. The Morgan fingerprint density at radius 2 is 1.85 bits per heavy atom. The third-order valence-electron chi connectivity index (χ3n) is 4.57. The molecule has 0 bridgehead atoms. The highest BCUT2D eigenvalue weighted by atomic mass is 32.2. The molecule has 0 fully saturated rings. The van der Waals surface area contributed by atoms with Gasteiger partial charge in [-0.3, -0.25) is 4.79 Å². The van der Waals surface area contributed by atoms with Crippen LogP contribution in [-0.4, -0.2) is 13.0 Å². The van der Waals surface area contributed by atoms with Crippen molar-refractivity contribution in [3.05, 3.63) is 106 Å². The normalized spacial score (nSPS) is 11.2. The van der Waals surface area contributed by atoms with Gasteiger partial charge in [0.1, 0.15) is 29.0 Å². The van der Waals surface area contributed by atoms with Crippen LogP contribution in [0.1, 0.15) is 11.1 Å². The number of anilines is 1. The van der Waals surface area contributed by atoms with Gasteiger partial charge in [-0.1, -0.05) is 36.4 Å². The summed E-state index contributed by atoms with van der Waals surface area (Å²) in [5.74, 6) is -1.14. The Morgan fingerprint density at radius 1 is 1.06 bits per heavy atom. The standard InChI is InChI=1S/C25H21F2N3O2S/c1-32-21-9-5-8-20(13-21)30-25(33-16-18-12-19(26)10-11-23(18)27)22(14-28)24(31)29-15-17-6-3-2-4-7-17/h2-13,30H,15-16H2,1H3,(H,29,31)/b25-22+. The third kappa shape index (κ3) is 6.82. The zero-order chi connectivity index (χ0) is 23.6. The first-order valence-electron chi connectivity index (χ1n) is 9.94. The van der Waals surface area contributed by atoms with E-state index in [1.54, 1.807) is 24.3 Å². The highest BCUT2D eigenvalue weighted by Crippen LogP contribution is 2.29. The number of carbonyl (C=O) groups is 1. The monoisotopic (exact) mass is 465 g/mol. The van der Waals surface area contributed by atoms with Gasteiger partial charge >= 0.3 is 0 Å². The van der Waals surface area contributed by atoms with Crippen LogP contribution < -0.4 is 15.4 Å². The Labute approximate surface area is 195 Å². The summed E-state index contributed by atoms with van der Waals surface area (Å²) in [6, 6.07) is 21.3. The van der Waals surface area contributed by atoms with Crippen molar-refractivity contribution in [2.45, 2.75) is 12.3 Å². The number of hydrogen-bond acceptors (Lipinski definition) is 5. The van der Waals surface area contributed by atoms with Gasteiger partial charge in [0.15, 0.2) is 0 Å². The second-order valence-electron chi connectivity index (χ2n) is 6.87. The molecule has 0 aliphatic rings. The predicted molar refractivity (Wildman–Crippen MR) is 125 cm³/mol. The smallest absolute Gasteiger partial charge is 0.264 e. The van der Waals surface area contributed by atoms with Crippen molar-refractivity contribution in [2.75, 3.05) is 12.4 Å². The molecular weight excluding hydrogens is 444 g/mol. The molecule has 3 aromatic carbocycles. The molecule has 0 unspecified atom stereocenters. The number of methoxy groups -OCH3 is 1. The molecule has 0 atom stereocenters. The lowest BCUT2D eigenvalue weighted by molar-refractivity contribution is -0.117. The molecule has 0 saturated carbocycles. The maximum absolute atomic E-state index is 14.1. The van der Waals surface area contributed by atoms with E-state index < -0.39 is 17.5 Å². The summed E-state index contributed by atoms with van der Waals surface area (Å²) in [4.78, 5) is 12.8. The summed E-state index contributed by atoms with van der Waals surface area (Å²) in [5, 5.41) is 15.7. The van der Waals surface area contributed by atoms with E-state index in [0.717, 1.165) is 35.5 Å². The summed E-state index contributed by atoms with van der Waals surface area (Å²) in [7, 11) is 1.52. The van der Waals surface area contributed by atoms with E-state index in [2.05, 4.69) is 10.6 Å². The van der Waals surface area contributed by atoms with Crippen molar-refractivity contribution in [1.29, 1.82) is 5.26 Å². The molecular formula is C25H21F2N3O2S. The number of benzene rings is 3. The van der Waals surface area contributed by atoms with Gasteiger partial charge in [-0.2, -0.15) is 5.26 Å². The van der Waals surface area contributed by atoms with Gasteiger partial charge in [-0.05, 0) is 35.9 Å². The number of hydrogen-bond donors (Lipinski definition) is 2. The zero-order valence-corrected chi connectivity index (χ0v) is 18.6. The van der Waals surface area contributed by atoms with Gasteiger partial charge < -0.3 is 15.4 Å². The summed E-state index contributed by atoms with van der Waals surface area (Å²) in [6.07, 6.45) is 0. The average Bonchev–Trinajstić information content (AvgIpc) is 2.84. The average molecular weight is 466 g/mol. The molecule has 5 nitrogen and oxygen atoms in total. The van der Waals surface area contributed by atoms with E-state index in [0.29, 0.717) is 11.4 Å². The van der Waals surface area contributed by atoms with Crippen molar-refractivity contribution in [2.24, 2.45) is 0 Å². The molecule has 8 heteroatoms. The van der Waals surface area contributed by atoms with Gasteiger partial charge in [0, 0.05) is 29.6 Å². The van der Waals surface area contributed by atoms with E-state index in [9.17, 15) is 18.8 Å². The minimum Gasteiger partial charge on any atom is -0.497 e. The Hall–Kier alpha value is -3.83. The molecule has 0 aromatic heterocycles. The first-order chi connectivity index (χ1) is 16.0. The summed E-state index contributed by atoms with van der Waals surface area (Å²) < 4.78 is 32.9. The van der Waals surface area contributed by atoms with E-state index >= 15 is 0 Å². The van der Waals surface area contributed by atoms with Gasteiger partial charge in [0.2, 0.25) is 0 Å². The van der Waals surface area contributed by atoms with Gasteiger partial charge in [0.25, 0.3) is 5.91 Å². The number of rotatable bonds is 9. The maximum atomic E-state index is 14.1. The lowest BCUT2D eigenvalue weighted by Gasteiger charge is -2.14. The number of ether oxygens (including phenoxy) is 1. The maximum Gasteiger partial charge on any atom is 0.264 e. The molecule has 33 heavy (non-hydrogen) atoms.